The van der Waals surface area contributed by atoms with E-state index in [-0.39, 0.29) is 30.4 Å². The highest BCUT2D eigenvalue weighted by Crippen LogP contribution is 2.36. The number of rotatable bonds is 5. The number of carbonyl (C=O) groups is 2. The zero-order chi connectivity index (χ0) is 17.5. The van der Waals surface area contributed by atoms with Gasteiger partial charge in [-0.1, -0.05) is 17.5 Å². The van der Waals surface area contributed by atoms with Gasteiger partial charge < -0.3 is 16.0 Å². The number of carbonyl (C=O) groups excluding carboxylic acids is 2. The lowest BCUT2D eigenvalue weighted by Crippen LogP contribution is -2.33. The van der Waals surface area contributed by atoms with Crippen LogP contribution in [0.4, 0.5) is 23.7 Å². The molecule has 0 bridgehead atoms. The topological polar surface area (TPSA) is 70.2 Å². The minimum atomic E-state index is -4.66. The molecule has 0 saturated carbocycles. The maximum Gasteiger partial charge on any atom is 0.418 e. The summed E-state index contributed by atoms with van der Waals surface area (Å²) in [6, 6.07) is 2.11. The molecule has 0 aliphatic heterocycles. The van der Waals surface area contributed by atoms with Gasteiger partial charge in [-0.25, -0.2) is 4.79 Å². The average molecular weight is 348 g/mol. The number of hydrogen-bond acceptors (Lipinski definition) is 2. The SMILES string of the molecule is C#CCNC(=O)CCNC(=O)Nc1ccc(Cl)cc1C(F)(F)F. The lowest BCUT2D eigenvalue weighted by molar-refractivity contribution is -0.136. The minimum absolute atomic E-state index is 0.0537. The summed E-state index contributed by atoms with van der Waals surface area (Å²) in [6.07, 6.45) is 0.236. The Labute approximate surface area is 135 Å². The van der Waals surface area contributed by atoms with E-state index in [2.05, 4.69) is 21.9 Å². The van der Waals surface area contributed by atoms with Crippen LogP contribution in [0.1, 0.15) is 12.0 Å². The molecular weight excluding hydrogens is 335 g/mol. The van der Waals surface area contributed by atoms with E-state index in [0.717, 1.165) is 6.07 Å². The molecule has 5 nitrogen and oxygen atoms in total. The highest BCUT2D eigenvalue weighted by atomic mass is 35.5. The molecule has 0 aliphatic rings. The summed E-state index contributed by atoms with van der Waals surface area (Å²) >= 11 is 5.53. The first-order valence-corrected chi connectivity index (χ1v) is 6.73. The predicted octanol–water partition coefficient (Wildman–Crippen LogP) is 2.62. The van der Waals surface area contributed by atoms with Gasteiger partial charge in [0.2, 0.25) is 5.91 Å². The Kier molecular flexibility index (Phi) is 6.72. The van der Waals surface area contributed by atoms with Crippen molar-refractivity contribution < 1.29 is 22.8 Å². The van der Waals surface area contributed by atoms with Gasteiger partial charge in [0.15, 0.2) is 0 Å². The van der Waals surface area contributed by atoms with Crippen molar-refractivity contribution in [3.63, 3.8) is 0 Å². The molecule has 0 unspecified atom stereocenters. The van der Waals surface area contributed by atoms with Crippen LogP contribution in [0.15, 0.2) is 18.2 Å². The average Bonchev–Trinajstić information content (AvgIpc) is 2.46. The molecule has 0 spiro atoms. The number of terminal acetylenes is 1. The summed E-state index contributed by atoms with van der Waals surface area (Å²) in [5, 5.41) is 6.61. The molecule has 1 aromatic carbocycles. The van der Waals surface area contributed by atoms with Crippen LogP contribution in [0, 0.1) is 12.3 Å². The highest BCUT2D eigenvalue weighted by molar-refractivity contribution is 6.30. The highest BCUT2D eigenvalue weighted by Gasteiger charge is 2.34. The maximum absolute atomic E-state index is 12.9. The molecule has 9 heteroatoms. The van der Waals surface area contributed by atoms with E-state index in [1.54, 1.807) is 0 Å². The van der Waals surface area contributed by atoms with Crippen LogP contribution in [0.2, 0.25) is 5.02 Å². The first kappa shape index (κ1) is 18.6. The van der Waals surface area contributed by atoms with Gasteiger partial charge in [-0.15, -0.1) is 6.42 Å². The number of alkyl halides is 3. The van der Waals surface area contributed by atoms with Crippen molar-refractivity contribution in [3.05, 3.63) is 28.8 Å². The van der Waals surface area contributed by atoms with Crippen LogP contribution >= 0.6 is 11.6 Å². The number of nitrogens with one attached hydrogen (secondary N) is 3. The molecular formula is C14H13ClF3N3O2. The van der Waals surface area contributed by atoms with Gasteiger partial charge in [0.05, 0.1) is 17.8 Å². The number of amides is 3. The number of benzene rings is 1. The molecule has 0 heterocycles. The second-order valence-electron chi connectivity index (χ2n) is 4.30. The molecule has 0 saturated heterocycles. The summed E-state index contributed by atoms with van der Waals surface area (Å²) in [5.74, 6) is 1.82. The standard InChI is InChI=1S/C14H13ClF3N3O2/c1-2-6-19-12(22)5-7-20-13(23)21-11-4-3-9(15)8-10(11)14(16,17)18/h1,3-4,8H,5-7H2,(H,19,22)(H2,20,21,23). The van der Waals surface area contributed by atoms with Gasteiger partial charge in [-0.3, -0.25) is 4.79 Å². The van der Waals surface area contributed by atoms with Crippen molar-refractivity contribution in [2.45, 2.75) is 12.6 Å². The fourth-order valence-corrected chi connectivity index (χ4v) is 1.73. The van der Waals surface area contributed by atoms with E-state index in [0.29, 0.717) is 6.07 Å². The predicted molar refractivity (Wildman–Crippen MR) is 79.9 cm³/mol. The number of hydrogen-bond donors (Lipinski definition) is 3. The normalized spacial score (nSPS) is 10.6. The monoisotopic (exact) mass is 347 g/mol. The molecule has 3 N–H and O–H groups in total. The van der Waals surface area contributed by atoms with E-state index in [1.165, 1.54) is 6.07 Å². The van der Waals surface area contributed by atoms with Crippen LogP contribution in [0.5, 0.6) is 0 Å². The van der Waals surface area contributed by atoms with E-state index in [4.69, 9.17) is 18.0 Å². The fraction of sp³-hybridized carbons (Fsp3) is 0.286. The van der Waals surface area contributed by atoms with E-state index in [9.17, 15) is 22.8 Å². The summed E-state index contributed by atoms with van der Waals surface area (Å²) < 4.78 is 38.6. The van der Waals surface area contributed by atoms with E-state index < -0.39 is 23.5 Å². The van der Waals surface area contributed by atoms with Crippen LogP contribution in [0.25, 0.3) is 0 Å². The summed E-state index contributed by atoms with van der Waals surface area (Å²) in [6.45, 7) is 0.00191. The first-order chi connectivity index (χ1) is 10.7. The Bertz CT molecular complexity index is 627. The smallest absolute Gasteiger partial charge is 0.345 e. The van der Waals surface area contributed by atoms with Crippen molar-refractivity contribution in [2.75, 3.05) is 18.4 Å². The van der Waals surface area contributed by atoms with Crippen LogP contribution in [0.3, 0.4) is 0 Å². The first-order valence-electron chi connectivity index (χ1n) is 6.36. The van der Waals surface area contributed by atoms with Crippen LogP contribution in [-0.4, -0.2) is 25.0 Å². The Morgan fingerprint density at radius 2 is 1.96 bits per heavy atom. The number of anilines is 1. The molecule has 0 aliphatic carbocycles. The third-order valence-corrected chi connectivity index (χ3v) is 2.80. The zero-order valence-corrected chi connectivity index (χ0v) is 12.5. The third kappa shape index (κ3) is 6.48. The molecule has 124 valence electrons. The molecule has 23 heavy (non-hydrogen) atoms. The summed E-state index contributed by atoms with van der Waals surface area (Å²) in [4.78, 5) is 22.8. The maximum atomic E-state index is 12.9. The number of urea groups is 1. The van der Waals surface area contributed by atoms with Gasteiger partial charge in [-0.05, 0) is 18.2 Å². The Hall–Kier alpha value is -2.40. The van der Waals surface area contributed by atoms with Crippen molar-refractivity contribution in [1.29, 1.82) is 0 Å². The molecule has 0 radical (unpaired) electrons. The van der Waals surface area contributed by atoms with Gasteiger partial charge in [-0.2, -0.15) is 13.2 Å². The fourth-order valence-electron chi connectivity index (χ4n) is 1.55. The van der Waals surface area contributed by atoms with Crippen LogP contribution < -0.4 is 16.0 Å². The molecule has 0 aromatic heterocycles. The third-order valence-electron chi connectivity index (χ3n) is 2.56. The van der Waals surface area contributed by atoms with E-state index in [1.807, 2.05) is 0 Å². The zero-order valence-electron chi connectivity index (χ0n) is 11.8. The molecule has 1 aromatic rings. The van der Waals surface area contributed by atoms with Crippen molar-refractivity contribution in [3.8, 4) is 12.3 Å². The molecule has 0 fully saturated rings. The lowest BCUT2D eigenvalue weighted by atomic mass is 10.1. The molecule has 0 atom stereocenters. The largest absolute Gasteiger partial charge is 0.418 e. The van der Waals surface area contributed by atoms with Gasteiger partial charge in [0, 0.05) is 18.0 Å². The summed E-state index contributed by atoms with van der Waals surface area (Å²) in [5.41, 5.74) is -1.50. The quantitative estimate of drug-likeness (QED) is 0.717. The Morgan fingerprint density at radius 1 is 1.26 bits per heavy atom. The van der Waals surface area contributed by atoms with Crippen molar-refractivity contribution in [2.24, 2.45) is 0 Å². The number of halogens is 4. The van der Waals surface area contributed by atoms with Crippen molar-refractivity contribution >= 4 is 29.2 Å². The minimum Gasteiger partial charge on any atom is -0.345 e. The Balaban J connectivity index is 2.58. The summed E-state index contributed by atoms with van der Waals surface area (Å²) in [7, 11) is 0. The van der Waals surface area contributed by atoms with Gasteiger partial charge in [0.1, 0.15) is 0 Å². The van der Waals surface area contributed by atoms with Gasteiger partial charge >= 0.3 is 12.2 Å². The van der Waals surface area contributed by atoms with Crippen molar-refractivity contribution in [1.82, 2.24) is 10.6 Å². The van der Waals surface area contributed by atoms with Gasteiger partial charge in [0.25, 0.3) is 0 Å². The second kappa shape index (κ2) is 8.29. The second-order valence-corrected chi connectivity index (χ2v) is 4.74. The van der Waals surface area contributed by atoms with Crippen LogP contribution in [-0.2, 0) is 11.0 Å². The molecule has 3 amide bonds. The molecule has 1 rings (SSSR count). The van der Waals surface area contributed by atoms with E-state index >= 15 is 0 Å². The lowest BCUT2D eigenvalue weighted by Gasteiger charge is -2.14. The Morgan fingerprint density at radius 3 is 2.57 bits per heavy atom.